The molecule has 0 amide bonds. The number of nitrogens with zero attached hydrogens (tertiary/aromatic N) is 1. The monoisotopic (exact) mass is 218 g/mol. The van der Waals surface area contributed by atoms with Crippen molar-refractivity contribution in [2.45, 2.75) is 25.8 Å². The van der Waals surface area contributed by atoms with E-state index in [0.717, 1.165) is 12.8 Å². The zero-order valence-corrected chi connectivity index (χ0v) is 10.5. The summed E-state index contributed by atoms with van der Waals surface area (Å²) in [6, 6.07) is 8.51. The van der Waals surface area contributed by atoms with Gasteiger partial charge in [0.1, 0.15) is 0 Å². The molecule has 0 aliphatic rings. The highest BCUT2D eigenvalue weighted by molar-refractivity contribution is 5.47. The minimum atomic E-state index is 0.108. The van der Waals surface area contributed by atoms with Crippen molar-refractivity contribution in [2.75, 3.05) is 19.0 Å². The Hall–Kier alpha value is -1.28. The van der Waals surface area contributed by atoms with Crippen molar-refractivity contribution >= 4 is 5.69 Å². The summed E-state index contributed by atoms with van der Waals surface area (Å²) in [5.74, 6) is 0. The molecule has 1 rings (SSSR count). The molecule has 0 heterocycles. The van der Waals surface area contributed by atoms with Crippen molar-refractivity contribution in [1.82, 2.24) is 0 Å². The highest BCUT2D eigenvalue weighted by atomic mass is 15.1. The lowest BCUT2D eigenvalue weighted by molar-refractivity contribution is 0.649. The predicted molar refractivity (Wildman–Crippen MR) is 71.7 cm³/mol. The molecule has 0 fully saturated rings. The minimum Gasteiger partial charge on any atom is -0.378 e. The molecule has 1 unspecified atom stereocenters. The molecule has 2 nitrogen and oxygen atoms in total. The maximum atomic E-state index is 6.15. The van der Waals surface area contributed by atoms with E-state index in [1.165, 1.54) is 16.8 Å². The van der Waals surface area contributed by atoms with Gasteiger partial charge < -0.3 is 10.6 Å². The molecule has 0 saturated carbocycles. The molecular formula is C14H22N2. The standard InChI is InChI=1S/C14H22N2/c1-11(2)8-9-14(15)12-6-5-7-13(10-12)16(3)4/h5-7,10,14H,1,8-9,15H2,2-4H3. The molecule has 0 aromatic heterocycles. The van der Waals surface area contributed by atoms with E-state index >= 15 is 0 Å². The molecule has 0 aliphatic carbocycles. The number of rotatable bonds is 5. The minimum absolute atomic E-state index is 0.108. The molecule has 0 bridgehead atoms. The second-order valence-electron chi connectivity index (χ2n) is 4.59. The highest BCUT2D eigenvalue weighted by Crippen LogP contribution is 2.21. The quantitative estimate of drug-likeness (QED) is 0.769. The Morgan fingerprint density at radius 3 is 2.69 bits per heavy atom. The van der Waals surface area contributed by atoms with Gasteiger partial charge in [0.25, 0.3) is 0 Å². The summed E-state index contributed by atoms with van der Waals surface area (Å²) in [6.07, 6.45) is 1.96. The van der Waals surface area contributed by atoms with E-state index in [-0.39, 0.29) is 6.04 Å². The van der Waals surface area contributed by atoms with E-state index in [1.54, 1.807) is 0 Å². The van der Waals surface area contributed by atoms with Gasteiger partial charge in [-0.15, -0.1) is 6.58 Å². The summed E-state index contributed by atoms with van der Waals surface area (Å²) in [6.45, 7) is 5.95. The second-order valence-corrected chi connectivity index (χ2v) is 4.59. The van der Waals surface area contributed by atoms with E-state index < -0.39 is 0 Å². The zero-order chi connectivity index (χ0) is 12.1. The maximum Gasteiger partial charge on any atom is 0.0364 e. The van der Waals surface area contributed by atoms with Crippen LogP contribution in [-0.4, -0.2) is 14.1 Å². The van der Waals surface area contributed by atoms with Crippen LogP contribution in [0.3, 0.4) is 0 Å². The van der Waals surface area contributed by atoms with Crippen molar-refractivity contribution in [2.24, 2.45) is 5.73 Å². The van der Waals surface area contributed by atoms with Crippen LogP contribution in [0.15, 0.2) is 36.4 Å². The fraction of sp³-hybridized carbons (Fsp3) is 0.429. The third kappa shape index (κ3) is 3.70. The first-order chi connectivity index (χ1) is 7.50. The van der Waals surface area contributed by atoms with Gasteiger partial charge in [-0.05, 0) is 37.5 Å². The van der Waals surface area contributed by atoms with E-state index in [0.29, 0.717) is 0 Å². The summed E-state index contributed by atoms with van der Waals surface area (Å²) in [5.41, 5.74) is 9.75. The fourth-order valence-corrected chi connectivity index (χ4v) is 1.60. The summed E-state index contributed by atoms with van der Waals surface area (Å²) >= 11 is 0. The number of hydrogen-bond acceptors (Lipinski definition) is 2. The normalized spacial score (nSPS) is 12.2. The lowest BCUT2D eigenvalue weighted by atomic mass is 10.0. The molecule has 1 aromatic carbocycles. The van der Waals surface area contributed by atoms with Crippen molar-refractivity contribution in [3.63, 3.8) is 0 Å². The Bertz CT molecular complexity index is 356. The first-order valence-electron chi connectivity index (χ1n) is 5.68. The lowest BCUT2D eigenvalue weighted by Gasteiger charge is -2.17. The van der Waals surface area contributed by atoms with Crippen LogP contribution in [0.4, 0.5) is 5.69 Å². The Labute approximate surface area is 98.8 Å². The largest absolute Gasteiger partial charge is 0.378 e. The van der Waals surface area contributed by atoms with Gasteiger partial charge >= 0.3 is 0 Å². The first kappa shape index (κ1) is 12.8. The molecule has 1 aromatic rings. The summed E-state index contributed by atoms with van der Waals surface area (Å²) in [4.78, 5) is 2.09. The van der Waals surface area contributed by atoms with E-state index in [2.05, 4.69) is 35.7 Å². The Morgan fingerprint density at radius 2 is 2.12 bits per heavy atom. The molecule has 2 N–H and O–H groups in total. The van der Waals surface area contributed by atoms with Crippen molar-refractivity contribution in [3.8, 4) is 0 Å². The second kappa shape index (κ2) is 5.71. The van der Waals surface area contributed by atoms with Crippen LogP contribution in [0.5, 0.6) is 0 Å². The van der Waals surface area contributed by atoms with Gasteiger partial charge in [0, 0.05) is 25.8 Å². The van der Waals surface area contributed by atoms with E-state index in [4.69, 9.17) is 5.73 Å². The molecule has 16 heavy (non-hydrogen) atoms. The lowest BCUT2D eigenvalue weighted by Crippen LogP contribution is -2.13. The molecular weight excluding hydrogens is 196 g/mol. The average molecular weight is 218 g/mol. The number of benzene rings is 1. The Balaban J connectivity index is 2.71. The Morgan fingerprint density at radius 1 is 1.44 bits per heavy atom. The molecule has 0 spiro atoms. The fourth-order valence-electron chi connectivity index (χ4n) is 1.60. The van der Waals surface area contributed by atoms with Crippen LogP contribution in [-0.2, 0) is 0 Å². The van der Waals surface area contributed by atoms with Gasteiger partial charge in [-0.2, -0.15) is 0 Å². The van der Waals surface area contributed by atoms with Gasteiger partial charge in [-0.3, -0.25) is 0 Å². The van der Waals surface area contributed by atoms with Gasteiger partial charge in [-0.1, -0.05) is 17.7 Å². The Kier molecular flexibility index (Phi) is 4.56. The third-order valence-electron chi connectivity index (χ3n) is 2.70. The zero-order valence-electron chi connectivity index (χ0n) is 10.5. The summed E-state index contributed by atoms with van der Waals surface area (Å²) in [7, 11) is 4.08. The third-order valence-corrected chi connectivity index (χ3v) is 2.70. The number of nitrogens with two attached hydrogens (primary N) is 1. The SMILES string of the molecule is C=C(C)CCC(N)c1cccc(N(C)C)c1. The van der Waals surface area contributed by atoms with Gasteiger partial charge in [0.05, 0.1) is 0 Å². The van der Waals surface area contributed by atoms with Gasteiger partial charge in [0.15, 0.2) is 0 Å². The molecule has 0 radical (unpaired) electrons. The molecule has 1 atom stereocenters. The van der Waals surface area contributed by atoms with Crippen molar-refractivity contribution in [1.29, 1.82) is 0 Å². The average Bonchev–Trinajstić information content (AvgIpc) is 2.26. The maximum absolute atomic E-state index is 6.15. The molecule has 0 aliphatic heterocycles. The topological polar surface area (TPSA) is 29.3 Å². The van der Waals surface area contributed by atoms with Crippen LogP contribution in [0.2, 0.25) is 0 Å². The summed E-state index contributed by atoms with van der Waals surface area (Å²) < 4.78 is 0. The molecule has 2 heteroatoms. The molecule has 88 valence electrons. The van der Waals surface area contributed by atoms with E-state index in [9.17, 15) is 0 Å². The van der Waals surface area contributed by atoms with Gasteiger partial charge in [0.2, 0.25) is 0 Å². The van der Waals surface area contributed by atoms with Gasteiger partial charge in [-0.25, -0.2) is 0 Å². The van der Waals surface area contributed by atoms with Crippen LogP contribution >= 0.6 is 0 Å². The van der Waals surface area contributed by atoms with Crippen LogP contribution in [0.25, 0.3) is 0 Å². The summed E-state index contributed by atoms with van der Waals surface area (Å²) in [5, 5.41) is 0. The number of allylic oxidation sites excluding steroid dienone is 1. The van der Waals surface area contributed by atoms with Crippen LogP contribution < -0.4 is 10.6 Å². The molecule has 0 saturated heterocycles. The predicted octanol–water partition coefficient (Wildman–Crippen LogP) is 3.11. The van der Waals surface area contributed by atoms with E-state index in [1.807, 2.05) is 21.0 Å². The number of anilines is 1. The highest BCUT2D eigenvalue weighted by Gasteiger charge is 2.06. The van der Waals surface area contributed by atoms with Crippen LogP contribution in [0.1, 0.15) is 31.4 Å². The van der Waals surface area contributed by atoms with Crippen molar-refractivity contribution < 1.29 is 0 Å². The smallest absolute Gasteiger partial charge is 0.0364 e. The van der Waals surface area contributed by atoms with Crippen molar-refractivity contribution in [3.05, 3.63) is 42.0 Å². The number of hydrogen-bond donors (Lipinski definition) is 1. The first-order valence-corrected chi connectivity index (χ1v) is 5.68. The van der Waals surface area contributed by atoms with Crippen LogP contribution in [0, 0.1) is 0 Å².